The first kappa shape index (κ1) is 14.2. The number of rotatable bonds is 2. The summed E-state index contributed by atoms with van der Waals surface area (Å²) >= 11 is 0.937. The number of carbonyl (C=O) groups excluding carboxylic acids is 1. The van der Waals surface area contributed by atoms with E-state index in [-0.39, 0.29) is 5.54 Å². The van der Waals surface area contributed by atoms with Crippen LogP contribution in [0.5, 0.6) is 0 Å². The molecule has 2 aliphatic carbocycles. The lowest BCUT2D eigenvalue weighted by molar-refractivity contribution is -0.147. The SMILES string of the molecule is CC1(CC(F)(F)F)SC(NC23CCC(CC2)C3)=NC1=O. The van der Waals surface area contributed by atoms with Gasteiger partial charge in [0, 0.05) is 5.54 Å². The van der Waals surface area contributed by atoms with Crippen molar-refractivity contribution in [1.82, 2.24) is 5.32 Å². The molecule has 1 atom stereocenters. The minimum Gasteiger partial charge on any atom is -0.359 e. The molecule has 0 aromatic rings. The fourth-order valence-electron chi connectivity index (χ4n) is 3.63. The number of nitrogens with zero attached hydrogens (tertiary/aromatic N) is 1. The lowest BCUT2D eigenvalue weighted by Gasteiger charge is -2.29. The molecule has 3 rings (SSSR count). The van der Waals surface area contributed by atoms with Crippen LogP contribution in [0.25, 0.3) is 0 Å². The van der Waals surface area contributed by atoms with Gasteiger partial charge < -0.3 is 5.32 Å². The molecule has 112 valence electrons. The van der Waals surface area contributed by atoms with E-state index in [0.717, 1.165) is 36.9 Å². The molecule has 0 aromatic carbocycles. The number of thioether (sulfide) groups is 1. The van der Waals surface area contributed by atoms with Crippen LogP contribution in [0.2, 0.25) is 0 Å². The van der Waals surface area contributed by atoms with Crippen LogP contribution in [0, 0.1) is 5.92 Å². The number of nitrogens with one attached hydrogen (secondary N) is 1. The normalized spacial score (nSPS) is 40.3. The molecular formula is C13H17F3N2OS. The van der Waals surface area contributed by atoms with Crippen molar-refractivity contribution in [2.45, 2.75) is 61.9 Å². The molecule has 3 aliphatic rings. The maximum Gasteiger partial charge on any atom is 0.390 e. The quantitative estimate of drug-likeness (QED) is 0.851. The van der Waals surface area contributed by atoms with Crippen LogP contribution >= 0.6 is 11.8 Å². The van der Waals surface area contributed by atoms with Crippen molar-refractivity contribution in [3.8, 4) is 0 Å². The van der Waals surface area contributed by atoms with Gasteiger partial charge >= 0.3 is 6.18 Å². The van der Waals surface area contributed by atoms with Crippen LogP contribution < -0.4 is 5.32 Å². The predicted octanol–water partition coefficient (Wildman–Crippen LogP) is 3.25. The number of amidine groups is 1. The fourth-order valence-corrected chi connectivity index (χ4v) is 4.82. The molecule has 7 heteroatoms. The Labute approximate surface area is 119 Å². The van der Waals surface area contributed by atoms with Crippen molar-refractivity contribution in [2.75, 3.05) is 0 Å². The van der Waals surface area contributed by atoms with Crippen LogP contribution in [0.4, 0.5) is 13.2 Å². The van der Waals surface area contributed by atoms with Gasteiger partial charge in [-0.15, -0.1) is 0 Å². The summed E-state index contributed by atoms with van der Waals surface area (Å²) in [5, 5.41) is 3.66. The second kappa shape index (κ2) is 4.39. The largest absolute Gasteiger partial charge is 0.390 e. The van der Waals surface area contributed by atoms with Gasteiger partial charge in [0.1, 0.15) is 4.75 Å². The van der Waals surface area contributed by atoms with Crippen LogP contribution in [0.15, 0.2) is 4.99 Å². The number of alkyl halides is 3. The average molecular weight is 306 g/mol. The third-order valence-corrected chi connectivity index (χ3v) is 5.79. The Kier molecular flexibility index (Phi) is 3.12. The number of amides is 1. The first-order valence-electron chi connectivity index (χ1n) is 6.87. The highest BCUT2D eigenvalue weighted by Gasteiger charge is 2.51. The third-order valence-electron chi connectivity index (χ3n) is 4.63. The molecule has 0 saturated heterocycles. The summed E-state index contributed by atoms with van der Waals surface area (Å²) in [5.74, 6) is 0.0537. The van der Waals surface area contributed by atoms with E-state index in [0.29, 0.717) is 5.17 Å². The Morgan fingerprint density at radius 1 is 1.40 bits per heavy atom. The average Bonchev–Trinajstić information content (AvgIpc) is 2.91. The number of halogens is 3. The van der Waals surface area contributed by atoms with Gasteiger partial charge in [-0.1, -0.05) is 11.8 Å². The number of hydrogen-bond acceptors (Lipinski definition) is 3. The molecule has 1 heterocycles. The van der Waals surface area contributed by atoms with Crippen molar-refractivity contribution < 1.29 is 18.0 Å². The van der Waals surface area contributed by atoms with Gasteiger partial charge in [-0.05, 0) is 44.9 Å². The van der Waals surface area contributed by atoms with E-state index in [2.05, 4.69) is 10.3 Å². The topological polar surface area (TPSA) is 41.5 Å². The molecule has 0 spiro atoms. The second-order valence-electron chi connectivity index (χ2n) is 6.40. The monoisotopic (exact) mass is 306 g/mol. The third kappa shape index (κ3) is 2.56. The Bertz CT molecular complexity index is 469. The summed E-state index contributed by atoms with van der Waals surface area (Å²) in [6.07, 6.45) is -0.0443. The molecule has 3 nitrogen and oxygen atoms in total. The zero-order valence-electron chi connectivity index (χ0n) is 11.2. The van der Waals surface area contributed by atoms with E-state index in [9.17, 15) is 18.0 Å². The highest BCUT2D eigenvalue weighted by Crippen LogP contribution is 2.49. The van der Waals surface area contributed by atoms with E-state index in [1.807, 2.05) is 0 Å². The van der Waals surface area contributed by atoms with Gasteiger partial charge in [-0.25, -0.2) is 0 Å². The Hall–Kier alpha value is -0.720. The molecular weight excluding hydrogens is 289 g/mol. The van der Waals surface area contributed by atoms with Crippen LogP contribution in [-0.2, 0) is 4.79 Å². The summed E-state index contributed by atoms with van der Waals surface area (Å²) < 4.78 is 36.2. The molecule has 20 heavy (non-hydrogen) atoms. The van der Waals surface area contributed by atoms with Gasteiger partial charge in [0.25, 0.3) is 5.91 Å². The van der Waals surface area contributed by atoms with E-state index >= 15 is 0 Å². The van der Waals surface area contributed by atoms with E-state index in [1.54, 1.807) is 0 Å². The summed E-state index contributed by atoms with van der Waals surface area (Å²) in [7, 11) is 0. The molecule has 1 aliphatic heterocycles. The minimum atomic E-state index is -4.35. The Morgan fingerprint density at radius 2 is 2.05 bits per heavy atom. The van der Waals surface area contributed by atoms with Crippen molar-refractivity contribution in [3.63, 3.8) is 0 Å². The van der Waals surface area contributed by atoms with Crippen molar-refractivity contribution in [3.05, 3.63) is 0 Å². The zero-order chi connectivity index (χ0) is 14.6. The maximum absolute atomic E-state index is 12.6. The molecule has 2 saturated carbocycles. The number of carbonyl (C=O) groups is 1. The van der Waals surface area contributed by atoms with Crippen LogP contribution in [0.3, 0.4) is 0 Å². The van der Waals surface area contributed by atoms with Crippen LogP contribution in [0.1, 0.15) is 45.4 Å². The van der Waals surface area contributed by atoms with Gasteiger partial charge in [0.05, 0.1) is 6.42 Å². The molecule has 0 radical (unpaired) electrons. The zero-order valence-corrected chi connectivity index (χ0v) is 12.0. The van der Waals surface area contributed by atoms with Crippen molar-refractivity contribution >= 4 is 22.8 Å². The van der Waals surface area contributed by atoms with Crippen LogP contribution in [-0.4, -0.2) is 27.5 Å². The summed E-state index contributed by atoms with van der Waals surface area (Å²) in [4.78, 5) is 15.6. The molecule has 1 N–H and O–H groups in total. The molecule has 1 amide bonds. The summed E-state index contributed by atoms with van der Waals surface area (Å²) in [6.45, 7) is 1.33. The fraction of sp³-hybridized carbons (Fsp3) is 0.846. The Morgan fingerprint density at radius 3 is 2.55 bits per heavy atom. The highest BCUT2D eigenvalue weighted by molar-refractivity contribution is 8.16. The summed E-state index contributed by atoms with van der Waals surface area (Å²) in [5.41, 5.74) is -0.0275. The molecule has 0 aromatic heterocycles. The summed E-state index contributed by atoms with van der Waals surface area (Å²) in [6, 6.07) is 0. The lowest BCUT2D eigenvalue weighted by atomic mass is 9.94. The lowest BCUT2D eigenvalue weighted by Crippen LogP contribution is -2.44. The second-order valence-corrected chi connectivity index (χ2v) is 7.89. The first-order valence-corrected chi connectivity index (χ1v) is 7.69. The first-order chi connectivity index (χ1) is 9.20. The van der Waals surface area contributed by atoms with E-state index < -0.39 is 23.3 Å². The maximum atomic E-state index is 12.6. The predicted molar refractivity (Wildman–Crippen MR) is 71.6 cm³/mol. The molecule has 2 bridgehead atoms. The number of fused-ring (bicyclic) bond motifs is 2. The number of aliphatic imine (C=N–C) groups is 1. The smallest absolute Gasteiger partial charge is 0.359 e. The highest BCUT2D eigenvalue weighted by atomic mass is 32.2. The van der Waals surface area contributed by atoms with Crippen molar-refractivity contribution in [2.24, 2.45) is 10.9 Å². The number of hydrogen-bond donors (Lipinski definition) is 1. The molecule has 2 fully saturated rings. The minimum absolute atomic E-state index is 0.0275. The van der Waals surface area contributed by atoms with Gasteiger partial charge in [-0.3, -0.25) is 4.79 Å². The van der Waals surface area contributed by atoms with Crippen molar-refractivity contribution in [1.29, 1.82) is 0 Å². The van der Waals surface area contributed by atoms with E-state index in [1.165, 1.54) is 19.8 Å². The van der Waals surface area contributed by atoms with Gasteiger partial charge in [-0.2, -0.15) is 18.2 Å². The molecule has 1 unspecified atom stereocenters. The van der Waals surface area contributed by atoms with Gasteiger partial charge in [0.15, 0.2) is 5.17 Å². The Balaban J connectivity index is 1.68. The van der Waals surface area contributed by atoms with Gasteiger partial charge in [0.2, 0.25) is 0 Å². The van der Waals surface area contributed by atoms with E-state index in [4.69, 9.17) is 0 Å². The standard InChI is InChI=1S/C13H17F3N2OS/c1-11(7-13(14,15)16)9(19)17-10(20-11)18-12-4-2-8(6-12)3-5-12/h8H,2-7H2,1H3,(H,17,18,19).